The maximum absolute atomic E-state index is 5.51. The van der Waals surface area contributed by atoms with Crippen LogP contribution in [0.5, 0.6) is 0 Å². The van der Waals surface area contributed by atoms with Crippen LogP contribution in [0, 0.1) is 5.92 Å². The quantitative estimate of drug-likeness (QED) is 0.536. The lowest BCUT2D eigenvalue weighted by atomic mass is 10.1. The second kappa shape index (κ2) is 12.3. The highest BCUT2D eigenvalue weighted by atomic mass is 16.5. The molecule has 0 fully saturated rings. The molecule has 0 saturated heterocycles. The Bertz CT molecular complexity index is 151. The molecule has 0 rings (SSSR count). The molecule has 1 unspecified atom stereocenters. The highest BCUT2D eigenvalue weighted by Crippen LogP contribution is 2.00. The highest BCUT2D eigenvalue weighted by Gasteiger charge is 1.99. The molecular weight excluding hydrogens is 214 g/mol. The summed E-state index contributed by atoms with van der Waals surface area (Å²) in [7, 11) is 0. The lowest BCUT2D eigenvalue weighted by Crippen LogP contribution is -2.25. The zero-order valence-corrected chi connectivity index (χ0v) is 12.1. The molecule has 3 heteroatoms. The second-order valence-electron chi connectivity index (χ2n) is 5.04. The number of ether oxygens (including phenoxy) is 2. The second-order valence-corrected chi connectivity index (χ2v) is 5.04. The third kappa shape index (κ3) is 13.8. The molecular formula is C14H31NO2. The number of unbranched alkanes of at least 4 members (excludes halogenated alkanes) is 1. The van der Waals surface area contributed by atoms with Gasteiger partial charge < -0.3 is 14.8 Å². The number of rotatable bonds is 12. The van der Waals surface area contributed by atoms with Gasteiger partial charge in [-0.3, -0.25) is 0 Å². The van der Waals surface area contributed by atoms with E-state index in [2.05, 4.69) is 33.0 Å². The van der Waals surface area contributed by atoms with E-state index in [-0.39, 0.29) is 0 Å². The Labute approximate surface area is 107 Å². The molecule has 0 heterocycles. The highest BCUT2D eigenvalue weighted by molar-refractivity contribution is 4.58. The Kier molecular flexibility index (Phi) is 12.3. The van der Waals surface area contributed by atoms with Crippen LogP contribution in [0.25, 0.3) is 0 Å². The summed E-state index contributed by atoms with van der Waals surface area (Å²) >= 11 is 0. The summed E-state index contributed by atoms with van der Waals surface area (Å²) in [4.78, 5) is 0. The first-order valence-electron chi connectivity index (χ1n) is 7.05. The molecule has 1 atom stereocenters. The van der Waals surface area contributed by atoms with E-state index in [1.54, 1.807) is 0 Å². The van der Waals surface area contributed by atoms with E-state index in [1.807, 2.05) is 0 Å². The standard InChI is InChI=1S/C14H31NO2/c1-5-15-14(4)8-6-7-9-16-10-11-17-12-13(2)3/h13-15H,5-12H2,1-4H3. The first-order chi connectivity index (χ1) is 8.16. The van der Waals surface area contributed by atoms with Gasteiger partial charge in [-0.25, -0.2) is 0 Å². The SMILES string of the molecule is CCNC(C)CCCCOCCOCC(C)C. The third-order valence-corrected chi connectivity index (χ3v) is 2.55. The predicted octanol–water partition coefficient (Wildman–Crippen LogP) is 2.84. The molecule has 0 amide bonds. The average Bonchev–Trinajstić information content (AvgIpc) is 2.27. The molecule has 104 valence electrons. The minimum atomic E-state index is 0.613. The average molecular weight is 245 g/mol. The van der Waals surface area contributed by atoms with Gasteiger partial charge in [0.1, 0.15) is 0 Å². The molecule has 0 aliphatic rings. The van der Waals surface area contributed by atoms with Gasteiger partial charge in [0.25, 0.3) is 0 Å². The van der Waals surface area contributed by atoms with Crippen LogP contribution in [0.4, 0.5) is 0 Å². The van der Waals surface area contributed by atoms with Crippen molar-refractivity contribution in [3.05, 3.63) is 0 Å². The van der Waals surface area contributed by atoms with Crippen molar-refractivity contribution in [1.29, 1.82) is 0 Å². The monoisotopic (exact) mass is 245 g/mol. The van der Waals surface area contributed by atoms with Crippen molar-refractivity contribution in [1.82, 2.24) is 5.32 Å². The van der Waals surface area contributed by atoms with Crippen molar-refractivity contribution in [2.45, 2.75) is 53.0 Å². The lowest BCUT2D eigenvalue weighted by Gasteiger charge is -2.11. The fourth-order valence-electron chi connectivity index (χ4n) is 1.64. The fourth-order valence-corrected chi connectivity index (χ4v) is 1.64. The summed E-state index contributed by atoms with van der Waals surface area (Å²) < 4.78 is 10.9. The van der Waals surface area contributed by atoms with Crippen molar-refractivity contribution in [2.24, 2.45) is 5.92 Å². The van der Waals surface area contributed by atoms with Gasteiger partial charge in [-0.2, -0.15) is 0 Å². The first-order valence-corrected chi connectivity index (χ1v) is 7.05. The van der Waals surface area contributed by atoms with Crippen molar-refractivity contribution >= 4 is 0 Å². The van der Waals surface area contributed by atoms with Crippen molar-refractivity contribution in [2.75, 3.05) is 33.0 Å². The maximum Gasteiger partial charge on any atom is 0.0700 e. The number of nitrogens with one attached hydrogen (secondary N) is 1. The first kappa shape index (κ1) is 16.9. The fraction of sp³-hybridized carbons (Fsp3) is 1.00. The van der Waals surface area contributed by atoms with Crippen molar-refractivity contribution in [3.8, 4) is 0 Å². The summed E-state index contributed by atoms with van der Waals surface area (Å²) in [5, 5.41) is 3.41. The maximum atomic E-state index is 5.51. The van der Waals surface area contributed by atoms with Gasteiger partial charge in [-0.1, -0.05) is 20.8 Å². The Morgan fingerprint density at radius 3 is 2.29 bits per heavy atom. The van der Waals surface area contributed by atoms with E-state index >= 15 is 0 Å². The molecule has 1 N–H and O–H groups in total. The Hall–Kier alpha value is -0.120. The van der Waals surface area contributed by atoms with Crippen LogP contribution in [-0.2, 0) is 9.47 Å². The lowest BCUT2D eigenvalue weighted by molar-refractivity contribution is 0.0365. The smallest absolute Gasteiger partial charge is 0.0700 e. The third-order valence-electron chi connectivity index (χ3n) is 2.55. The predicted molar refractivity (Wildman–Crippen MR) is 73.5 cm³/mol. The zero-order chi connectivity index (χ0) is 12.9. The van der Waals surface area contributed by atoms with Crippen LogP contribution < -0.4 is 5.32 Å². The minimum absolute atomic E-state index is 0.613. The van der Waals surface area contributed by atoms with Gasteiger partial charge >= 0.3 is 0 Å². The van der Waals surface area contributed by atoms with Gasteiger partial charge in [-0.05, 0) is 38.6 Å². The van der Waals surface area contributed by atoms with E-state index < -0.39 is 0 Å². The van der Waals surface area contributed by atoms with Crippen molar-refractivity contribution < 1.29 is 9.47 Å². The van der Waals surface area contributed by atoms with Gasteiger partial charge in [0.15, 0.2) is 0 Å². The zero-order valence-electron chi connectivity index (χ0n) is 12.1. The van der Waals surface area contributed by atoms with Crippen LogP contribution in [0.2, 0.25) is 0 Å². The summed E-state index contributed by atoms with van der Waals surface area (Å²) in [5.74, 6) is 0.613. The molecule has 0 aliphatic carbocycles. The summed E-state index contributed by atoms with van der Waals surface area (Å²) in [6.45, 7) is 12.9. The normalized spacial score (nSPS) is 13.2. The van der Waals surface area contributed by atoms with E-state index in [9.17, 15) is 0 Å². The van der Waals surface area contributed by atoms with E-state index in [1.165, 1.54) is 12.8 Å². The van der Waals surface area contributed by atoms with E-state index in [0.29, 0.717) is 12.0 Å². The Morgan fingerprint density at radius 2 is 1.65 bits per heavy atom. The van der Waals surface area contributed by atoms with Gasteiger partial charge in [0, 0.05) is 19.3 Å². The van der Waals surface area contributed by atoms with Gasteiger partial charge in [0.2, 0.25) is 0 Å². The Morgan fingerprint density at radius 1 is 0.941 bits per heavy atom. The molecule has 3 nitrogen and oxygen atoms in total. The molecule has 0 saturated carbocycles. The van der Waals surface area contributed by atoms with Crippen molar-refractivity contribution in [3.63, 3.8) is 0 Å². The van der Waals surface area contributed by atoms with E-state index in [4.69, 9.17) is 9.47 Å². The van der Waals surface area contributed by atoms with E-state index in [0.717, 1.165) is 39.4 Å². The number of hydrogen-bond donors (Lipinski definition) is 1. The summed E-state index contributed by atoms with van der Waals surface area (Å²) in [6.07, 6.45) is 3.63. The summed E-state index contributed by atoms with van der Waals surface area (Å²) in [5.41, 5.74) is 0. The molecule has 0 aromatic heterocycles. The van der Waals surface area contributed by atoms with Crippen LogP contribution >= 0.6 is 0 Å². The molecule has 0 radical (unpaired) electrons. The molecule has 0 spiro atoms. The molecule has 0 aliphatic heterocycles. The number of hydrogen-bond acceptors (Lipinski definition) is 3. The minimum Gasteiger partial charge on any atom is -0.379 e. The topological polar surface area (TPSA) is 30.5 Å². The van der Waals surface area contributed by atoms with Gasteiger partial charge in [0.05, 0.1) is 13.2 Å². The molecule has 0 aromatic rings. The Balaban J connectivity index is 3.03. The summed E-state index contributed by atoms with van der Waals surface area (Å²) in [6, 6.07) is 0.634. The van der Waals surface area contributed by atoms with Crippen LogP contribution in [-0.4, -0.2) is 39.0 Å². The van der Waals surface area contributed by atoms with Crippen LogP contribution in [0.3, 0.4) is 0 Å². The van der Waals surface area contributed by atoms with Gasteiger partial charge in [-0.15, -0.1) is 0 Å². The largest absolute Gasteiger partial charge is 0.379 e. The molecule has 17 heavy (non-hydrogen) atoms. The van der Waals surface area contributed by atoms with Crippen LogP contribution in [0.1, 0.15) is 47.0 Å². The molecule has 0 aromatic carbocycles. The molecule has 0 bridgehead atoms. The van der Waals surface area contributed by atoms with Crippen LogP contribution in [0.15, 0.2) is 0 Å².